The first kappa shape index (κ1) is 16.1. The number of amides is 2. The third-order valence-corrected chi connectivity index (χ3v) is 4.46. The van der Waals surface area contributed by atoms with Gasteiger partial charge in [-0.05, 0) is 44.9 Å². The Morgan fingerprint density at radius 3 is 2.57 bits per heavy atom. The molecule has 2 fully saturated rings. The Morgan fingerprint density at radius 2 is 2.00 bits per heavy atom. The molecular formula is C15H26N2O4. The Bertz CT molecular complexity index is 374. The zero-order chi connectivity index (χ0) is 15.3. The van der Waals surface area contributed by atoms with E-state index in [1.807, 2.05) is 0 Å². The van der Waals surface area contributed by atoms with Gasteiger partial charge in [0, 0.05) is 32.8 Å². The van der Waals surface area contributed by atoms with E-state index in [4.69, 9.17) is 9.84 Å². The quantitative estimate of drug-likeness (QED) is 0.701. The molecule has 1 aliphatic carbocycles. The number of rotatable bonds is 7. The maximum absolute atomic E-state index is 12.0. The zero-order valence-electron chi connectivity index (χ0n) is 12.8. The lowest BCUT2D eigenvalue weighted by Crippen LogP contribution is -2.48. The summed E-state index contributed by atoms with van der Waals surface area (Å²) in [5.74, 6) is 0.00635. The monoisotopic (exact) mass is 298 g/mol. The van der Waals surface area contributed by atoms with Crippen LogP contribution in [0, 0.1) is 11.3 Å². The van der Waals surface area contributed by atoms with E-state index in [0.29, 0.717) is 39.1 Å². The van der Waals surface area contributed by atoms with Crippen LogP contribution in [0.15, 0.2) is 0 Å². The predicted octanol–water partition coefficient (Wildman–Crippen LogP) is 1.70. The van der Waals surface area contributed by atoms with Gasteiger partial charge in [0.2, 0.25) is 0 Å². The van der Waals surface area contributed by atoms with Crippen LogP contribution >= 0.6 is 0 Å². The van der Waals surface area contributed by atoms with E-state index in [-0.39, 0.29) is 6.03 Å². The molecule has 0 aromatic carbocycles. The standard InChI is InChI=1S/C15H26N2O4/c1-15(13(18)19)5-8-17(9-6-15)14(20)16-7-2-10-21-11-12-3-4-12/h12H,2-11H2,1H3,(H,16,20)(H,18,19). The van der Waals surface area contributed by atoms with Gasteiger partial charge in [-0.2, -0.15) is 0 Å². The largest absolute Gasteiger partial charge is 0.481 e. The molecule has 0 aromatic heterocycles. The van der Waals surface area contributed by atoms with Gasteiger partial charge >= 0.3 is 12.0 Å². The van der Waals surface area contributed by atoms with E-state index < -0.39 is 11.4 Å². The summed E-state index contributed by atoms with van der Waals surface area (Å²) in [6.45, 7) is 4.92. The van der Waals surface area contributed by atoms with Crippen LogP contribution < -0.4 is 5.32 Å². The van der Waals surface area contributed by atoms with Gasteiger partial charge in [-0.25, -0.2) is 4.79 Å². The van der Waals surface area contributed by atoms with Crippen LogP contribution in [0.2, 0.25) is 0 Å². The lowest BCUT2D eigenvalue weighted by molar-refractivity contribution is -0.150. The van der Waals surface area contributed by atoms with Crippen molar-refractivity contribution in [1.29, 1.82) is 0 Å². The van der Waals surface area contributed by atoms with Crippen LogP contribution in [0.4, 0.5) is 4.79 Å². The van der Waals surface area contributed by atoms with Crippen molar-refractivity contribution in [3.05, 3.63) is 0 Å². The van der Waals surface area contributed by atoms with Gasteiger partial charge in [0.25, 0.3) is 0 Å². The average Bonchev–Trinajstić information content (AvgIpc) is 3.27. The number of carboxylic acids is 1. The van der Waals surface area contributed by atoms with E-state index >= 15 is 0 Å². The molecule has 1 aliphatic heterocycles. The predicted molar refractivity (Wildman–Crippen MR) is 78.1 cm³/mol. The molecule has 0 aromatic rings. The maximum Gasteiger partial charge on any atom is 0.317 e. The SMILES string of the molecule is CC1(C(=O)O)CCN(C(=O)NCCCOCC2CC2)CC1. The van der Waals surface area contributed by atoms with Gasteiger partial charge < -0.3 is 20.1 Å². The molecular weight excluding hydrogens is 272 g/mol. The fraction of sp³-hybridized carbons (Fsp3) is 0.867. The minimum absolute atomic E-state index is 0.0929. The molecule has 21 heavy (non-hydrogen) atoms. The third kappa shape index (κ3) is 4.88. The minimum atomic E-state index is -0.768. The van der Waals surface area contributed by atoms with Crippen LogP contribution in [0.3, 0.4) is 0 Å². The molecule has 1 heterocycles. The maximum atomic E-state index is 12.0. The number of hydrogen-bond donors (Lipinski definition) is 2. The van der Waals surface area contributed by atoms with E-state index in [1.165, 1.54) is 12.8 Å². The molecule has 0 bridgehead atoms. The summed E-state index contributed by atoms with van der Waals surface area (Å²) in [5, 5.41) is 12.0. The van der Waals surface area contributed by atoms with Crippen LogP contribution in [0.5, 0.6) is 0 Å². The number of urea groups is 1. The van der Waals surface area contributed by atoms with Gasteiger partial charge in [0.05, 0.1) is 5.41 Å². The van der Waals surface area contributed by atoms with Gasteiger partial charge in [0.15, 0.2) is 0 Å². The Balaban J connectivity index is 1.55. The summed E-state index contributed by atoms with van der Waals surface area (Å²) in [6, 6.07) is -0.0929. The Hall–Kier alpha value is -1.30. The topological polar surface area (TPSA) is 78.9 Å². The number of ether oxygens (including phenoxy) is 1. The van der Waals surface area contributed by atoms with Crippen molar-refractivity contribution in [1.82, 2.24) is 10.2 Å². The molecule has 2 rings (SSSR count). The number of nitrogens with zero attached hydrogens (tertiary/aromatic N) is 1. The van der Waals surface area contributed by atoms with Crippen molar-refractivity contribution in [2.75, 3.05) is 32.8 Å². The number of hydrogen-bond acceptors (Lipinski definition) is 3. The number of carboxylic acid groups (broad SMARTS) is 1. The van der Waals surface area contributed by atoms with E-state index in [0.717, 1.165) is 18.9 Å². The number of carbonyl (C=O) groups excluding carboxylic acids is 1. The molecule has 2 N–H and O–H groups in total. The fourth-order valence-electron chi connectivity index (χ4n) is 2.43. The summed E-state index contributed by atoms with van der Waals surface area (Å²) in [7, 11) is 0. The number of aliphatic carboxylic acids is 1. The summed E-state index contributed by atoms with van der Waals surface area (Å²) in [5.41, 5.74) is -0.687. The highest BCUT2D eigenvalue weighted by atomic mass is 16.5. The number of nitrogens with one attached hydrogen (secondary N) is 1. The van der Waals surface area contributed by atoms with Gasteiger partial charge in [-0.1, -0.05) is 0 Å². The zero-order valence-corrected chi connectivity index (χ0v) is 12.8. The molecule has 6 heteroatoms. The fourth-order valence-corrected chi connectivity index (χ4v) is 2.43. The highest BCUT2D eigenvalue weighted by Gasteiger charge is 2.37. The number of carbonyl (C=O) groups is 2. The normalized spacial score (nSPS) is 21.1. The lowest BCUT2D eigenvalue weighted by Gasteiger charge is -2.36. The molecule has 0 spiro atoms. The molecule has 120 valence electrons. The highest BCUT2D eigenvalue weighted by Crippen LogP contribution is 2.31. The first-order valence-corrected chi connectivity index (χ1v) is 7.85. The van der Waals surface area contributed by atoms with Crippen LogP contribution in [-0.2, 0) is 9.53 Å². The van der Waals surface area contributed by atoms with Gasteiger partial charge in [0.1, 0.15) is 0 Å². The van der Waals surface area contributed by atoms with Crippen LogP contribution in [-0.4, -0.2) is 54.9 Å². The Kier molecular flexibility index (Phi) is 5.45. The summed E-state index contributed by atoms with van der Waals surface area (Å²) in [6.07, 6.45) is 4.43. The molecule has 1 saturated heterocycles. The van der Waals surface area contributed by atoms with E-state index in [1.54, 1.807) is 11.8 Å². The molecule has 2 amide bonds. The summed E-state index contributed by atoms with van der Waals surface area (Å²) in [4.78, 5) is 24.8. The second kappa shape index (κ2) is 7.11. The smallest absolute Gasteiger partial charge is 0.317 e. The number of piperidine rings is 1. The van der Waals surface area contributed by atoms with Crippen molar-refractivity contribution in [2.45, 2.75) is 39.0 Å². The lowest BCUT2D eigenvalue weighted by atomic mass is 9.80. The molecule has 1 saturated carbocycles. The molecule has 6 nitrogen and oxygen atoms in total. The molecule has 0 unspecified atom stereocenters. The average molecular weight is 298 g/mol. The first-order valence-electron chi connectivity index (χ1n) is 7.85. The Morgan fingerprint density at radius 1 is 1.33 bits per heavy atom. The molecule has 2 aliphatic rings. The summed E-state index contributed by atoms with van der Waals surface area (Å²) < 4.78 is 5.51. The van der Waals surface area contributed by atoms with Crippen molar-refractivity contribution in [2.24, 2.45) is 11.3 Å². The van der Waals surface area contributed by atoms with Gasteiger partial charge in [-0.3, -0.25) is 4.79 Å². The van der Waals surface area contributed by atoms with E-state index in [9.17, 15) is 9.59 Å². The molecule has 0 radical (unpaired) electrons. The van der Waals surface area contributed by atoms with Gasteiger partial charge in [-0.15, -0.1) is 0 Å². The van der Waals surface area contributed by atoms with Crippen LogP contribution in [0.25, 0.3) is 0 Å². The third-order valence-electron chi connectivity index (χ3n) is 4.46. The van der Waals surface area contributed by atoms with Crippen molar-refractivity contribution in [3.8, 4) is 0 Å². The molecule has 0 atom stereocenters. The Labute approximate surface area is 125 Å². The van der Waals surface area contributed by atoms with Crippen molar-refractivity contribution < 1.29 is 19.4 Å². The summed E-state index contributed by atoms with van der Waals surface area (Å²) >= 11 is 0. The second-order valence-corrected chi connectivity index (χ2v) is 6.46. The second-order valence-electron chi connectivity index (χ2n) is 6.46. The van der Waals surface area contributed by atoms with Crippen LogP contribution in [0.1, 0.15) is 39.0 Å². The van der Waals surface area contributed by atoms with Crippen molar-refractivity contribution in [3.63, 3.8) is 0 Å². The highest BCUT2D eigenvalue weighted by molar-refractivity contribution is 5.76. The number of likely N-dealkylation sites (tertiary alicyclic amines) is 1. The first-order chi connectivity index (χ1) is 10.0. The van der Waals surface area contributed by atoms with E-state index in [2.05, 4.69) is 5.32 Å². The van der Waals surface area contributed by atoms with Crippen molar-refractivity contribution >= 4 is 12.0 Å². The minimum Gasteiger partial charge on any atom is -0.481 e.